The molecule has 0 aliphatic rings. The number of aliphatic hydroxyl groups excluding tert-OH is 1. The molecule has 0 amide bonds. The summed E-state index contributed by atoms with van der Waals surface area (Å²) in [5, 5.41) is 10.5. The molecule has 128 valence electrons. The summed E-state index contributed by atoms with van der Waals surface area (Å²) >= 11 is 0. The van der Waals surface area contributed by atoms with Crippen LogP contribution in [0.1, 0.15) is 38.9 Å². The van der Waals surface area contributed by atoms with Crippen molar-refractivity contribution in [3.63, 3.8) is 0 Å². The Balaban J connectivity index is 0.00000441. The highest BCUT2D eigenvalue weighted by molar-refractivity contribution is 5.85. The summed E-state index contributed by atoms with van der Waals surface area (Å²) in [6, 6.07) is 3.31. The Bertz CT molecular complexity index is 474. The SMILES string of the molecule is COc1cc(OC)c([C@H](O)C[C@H](N)C(C)(C)C)cc1OC.Cl. The van der Waals surface area contributed by atoms with Crippen LogP contribution in [-0.4, -0.2) is 32.5 Å². The molecule has 0 aliphatic carbocycles. The third kappa shape index (κ3) is 4.93. The first-order valence-corrected chi connectivity index (χ1v) is 6.98. The van der Waals surface area contributed by atoms with E-state index < -0.39 is 6.10 Å². The molecule has 22 heavy (non-hydrogen) atoms. The molecule has 3 N–H and O–H groups in total. The lowest BCUT2D eigenvalue weighted by atomic mass is 9.83. The molecule has 5 nitrogen and oxygen atoms in total. The number of nitrogens with two attached hydrogens (primary N) is 1. The number of halogens is 1. The van der Waals surface area contributed by atoms with Gasteiger partial charge in [0.15, 0.2) is 11.5 Å². The topological polar surface area (TPSA) is 73.9 Å². The minimum absolute atomic E-state index is 0. The van der Waals surface area contributed by atoms with Gasteiger partial charge < -0.3 is 25.1 Å². The molecule has 0 aromatic heterocycles. The molecule has 0 unspecified atom stereocenters. The van der Waals surface area contributed by atoms with Crippen molar-refractivity contribution in [2.45, 2.75) is 39.3 Å². The predicted molar refractivity (Wildman–Crippen MR) is 90.4 cm³/mol. The summed E-state index contributed by atoms with van der Waals surface area (Å²) in [6.45, 7) is 6.16. The fourth-order valence-electron chi connectivity index (χ4n) is 2.03. The molecule has 0 saturated heterocycles. The average molecular weight is 334 g/mol. The second-order valence-electron chi connectivity index (χ2n) is 6.17. The second-order valence-corrected chi connectivity index (χ2v) is 6.17. The number of hydrogen-bond acceptors (Lipinski definition) is 5. The number of hydrogen-bond donors (Lipinski definition) is 2. The molecule has 0 saturated carbocycles. The van der Waals surface area contributed by atoms with Gasteiger partial charge in [0.25, 0.3) is 0 Å². The third-order valence-corrected chi connectivity index (χ3v) is 3.68. The largest absolute Gasteiger partial charge is 0.496 e. The zero-order valence-electron chi connectivity index (χ0n) is 14.2. The third-order valence-electron chi connectivity index (χ3n) is 3.68. The zero-order valence-corrected chi connectivity index (χ0v) is 15.0. The van der Waals surface area contributed by atoms with Crippen LogP contribution in [0.15, 0.2) is 12.1 Å². The van der Waals surface area contributed by atoms with Gasteiger partial charge in [0, 0.05) is 17.7 Å². The number of rotatable bonds is 6. The van der Waals surface area contributed by atoms with Crippen molar-refractivity contribution in [2.75, 3.05) is 21.3 Å². The Hall–Kier alpha value is -1.17. The van der Waals surface area contributed by atoms with Gasteiger partial charge >= 0.3 is 0 Å². The molecule has 0 bridgehead atoms. The summed E-state index contributed by atoms with van der Waals surface area (Å²) in [4.78, 5) is 0. The molecule has 1 rings (SSSR count). The van der Waals surface area contributed by atoms with E-state index in [2.05, 4.69) is 20.8 Å². The number of ether oxygens (including phenoxy) is 3. The summed E-state index contributed by atoms with van der Waals surface area (Å²) in [6.07, 6.45) is -0.288. The molecule has 0 radical (unpaired) electrons. The van der Waals surface area contributed by atoms with Gasteiger partial charge in [0.2, 0.25) is 0 Å². The molecule has 0 aliphatic heterocycles. The van der Waals surface area contributed by atoms with Gasteiger partial charge in [-0.1, -0.05) is 20.8 Å². The van der Waals surface area contributed by atoms with Crippen molar-refractivity contribution in [3.8, 4) is 17.2 Å². The van der Waals surface area contributed by atoms with Crippen molar-refractivity contribution in [1.82, 2.24) is 0 Å². The van der Waals surface area contributed by atoms with Crippen LogP contribution in [-0.2, 0) is 0 Å². The summed E-state index contributed by atoms with van der Waals surface area (Å²) in [5.41, 5.74) is 6.72. The second kappa shape index (κ2) is 8.46. The van der Waals surface area contributed by atoms with E-state index in [9.17, 15) is 5.11 Å². The number of aliphatic hydroxyl groups is 1. The van der Waals surface area contributed by atoms with E-state index in [0.29, 0.717) is 29.2 Å². The van der Waals surface area contributed by atoms with Crippen LogP contribution < -0.4 is 19.9 Å². The van der Waals surface area contributed by atoms with Gasteiger partial charge in [-0.05, 0) is 17.9 Å². The van der Waals surface area contributed by atoms with Crippen molar-refractivity contribution in [3.05, 3.63) is 17.7 Å². The molecule has 1 aromatic rings. The number of methoxy groups -OCH3 is 3. The van der Waals surface area contributed by atoms with Crippen LogP contribution in [0.5, 0.6) is 17.2 Å². The first-order chi connectivity index (χ1) is 9.74. The van der Waals surface area contributed by atoms with Crippen molar-refractivity contribution in [2.24, 2.45) is 11.1 Å². The fourth-order valence-corrected chi connectivity index (χ4v) is 2.03. The zero-order chi connectivity index (χ0) is 16.2. The maximum absolute atomic E-state index is 10.5. The van der Waals surface area contributed by atoms with E-state index in [1.54, 1.807) is 33.5 Å². The van der Waals surface area contributed by atoms with Gasteiger partial charge in [0.1, 0.15) is 5.75 Å². The Labute approximate surface area is 139 Å². The van der Waals surface area contributed by atoms with Gasteiger partial charge in [-0.3, -0.25) is 0 Å². The highest BCUT2D eigenvalue weighted by Gasteiger charge is 2.26. The highest BCUT2D eigenvalue weighted by atomic mass is 35.5. The summed E-state index contributed by atoms with van der Waals surface area (Å²) in [7, 11) is 4.67. The van der Waals surface area contributed by atoms with Crippen molar-refractivity contribution >= 4 is 12.4 Å². The quantitative estimate of drug-likeness (QED) is 0.837. The van der Waals surface area contributed by atoms with E-state index in [0.717, 1.165) is 0 Å². The first-order valence-electron chi connectivity index (χ1n) is 6.98. The normalized spacial score (nSPS) is 13.8. The van der Waals surface area contributed by atoms with Crippen LogP contribution in [0.2, 0.25) is 0 Å². The van der Waals surface area contributed by atoms with Crippen LogP contribution >= 0.6 is 12.4 Å². The van der Waals surface area contributed by atoms with Crippen LogP contribution in [0.25, 0.3) is 0 Å². The maximum Gasteiger partial charge on any atom is 0.164 e. The molecule has 6 heteroatoms. The van der Waals surface area contributed by atoms with Crippen LogP contribution in [0.3, 0.4) is 0 Å². The van der Waals surface area contributed by atoms with Gasteiger partial charge in [-0.15, -0.1) is 12.4 Å². The standard InChI is InChI=1S/C16H27NO4.ClH/c1-16(2,3)15(17)8-11(18)10-7-13(20-5)14(21-6)9-12(10)19-4;/h7,9,11,15,18H,8,17H2,1-6H3;1H/t11-,15+;/m1./s1. The van der Waals surface area contributed by atoms with Gasteiger partial charge in [-0.25, -0.2) is 0 Å². The lowest BCUT2D eigenvalue weighted by Gasteiger charge is -2.29. The van der Waals surface area contributed by atoms with Gasteiger partial charge in [0.05, 0.1) is 27.4 Å². The summed E-state index contributed by atoms with van der Waals surface area (Å²) < 4.78 is 15.9. The lowest BCUT2D eigenvalue weighted by Crippen LogP contribution is -2.36. The molecular weight excluding hydrogens is 306 g/mol. The Morgan fingerprint density at radius 1 is 1.00 bits per heavy atom. The van der Waals surface area contributed by atoms with Crippen LogP contribution in [0.4, 0.5) is 0 Å². The monoisotopic (exact) mass is 333 g/mol. The van der Waals surface area contributed by atoms with E-state index in [1.165, 1.54) is 0 Å². The van der Waals surface area contributed by atoms with Crippen molar-refractivity contribution < 1.29 is 19.3 Å². The van der Waals surface area contributed by atoms with E-state index in [4.69, 9.17) is 19.9 Å². The number of benzene rings is 1. The van der Waals surface area contributed by atoms with E-state index in [-0.39, 0.29) is 23.9 Å². The lowest BCUT2D eigenvalue weighted by molar-refractivity contribution is 0.130. The molecule has 0 fully saturated rings. The minimum Gasteiger partial charge on any atom is -0.496 e. The summed E-state index contributed by atoms with van der Waals surface area (Å²) in [5.74, 6) is 1.67. The average Bonchev–Trinajstić information content (AvgIpc) is 2.44. The minimum atomic E-state index is -0.728. The first kappa shape index (κ1) is 20.8. The predicted octanol–water partition coefficient (Wildman–Crippen LogP) is 2.93. The van der Waals surface area contributed by atoms with Crippen molar-refractivity contribution in [1.29, 1.82) is 0 Å². The van der Waals surface area contributed by atoms with Gasteiger partial charge in [-0.2, -0.15) is 0 Å². The Morgan fingerprint density at radius 3 is 1.86 bits per heavy atom. The van der Waals surface area contributed by atoms with E-state index in [1.807, 2.05) is 0 Å². The van der Waals surface area contributed by atoms with Crippen LogP contribution in [0, 0.1) is 5.41 Å². The molecule has 1 aromatic carbocycles. The Morgan fingerprint density at radius 2 is 1.45 bits per heavy atom. The molecule has 0 spiro atoms. The van der Waals surface area contributed by atoms with E-state index >= 15 is 0 Å². The molecule has 2 atom stereocenters. The molecule has 0 heterocycles. The fraction of sp³-hybridized carbons (Fsp3) is 0.625. The maximum atomic E-state index is 10.5. The molecular formula is C16H28ClNO4. The smallest absolute Gasteiger partial charge is 0.164 e. The Kier molecular flexibility index (Phi) is 8.01. The highest BCUT2D eigenvalue weighted by Crippen LogP contribution is 2.39.